The third-order valence-corrected chi connectivity index (χ3v) is 4.93. The van der Waals surface area contributed by atoms with E-state index in [0.29, 0.717) is 18.8 Å². The van der Waals surface area contributed by atoms with Crippen LogP contribution in [0, 0.1) is 26.7 Å². The van der Waals surface area contributed by atoms with Crippen LogP contribution >= 0.6 is 0 Å². The van der Waals surface area contributed by atoms with Gasteiger partial charge in [0.1, 0.15) is 5.58 Å². The van der Waals surface area contributed by atoms with Crippen LogP contribution in [0.1, 0.15) is 40.1 Å². The number of piperidine rings is 1. The standard InChI is InChI=1S/C18H22N2O3/c1-10-6-7-14-12(3)16(23-15(14)11(10)2)18(22)20-8-4-5-13(9-20)17(19)21/h6-7,13H,4-5,8-9H2,1-3H3,(H2,19,21). The molecule has 5 heteroatoms. The van der Waals surface area contributed by atoms with Gasteiger partial charge in [0, 0.05) is 24.0 Å². The summed E-state index contributed by atoms with van der Waals surface area (Å²) in [5, 5.41) is 0.972. The molecule has 1 unspecified atom stereocenters. The van der Waals surface area contributed by atoms with Gasteiger partial charge in [0.15, 0.2) is 5.76 Å². The van der Waals surface area contributed by atoms with E-state index in [1.807, 2.05) is 32.9 Å². The molecule has 1 atom stereocenters. The minimum Gasteiger partial charge on any atom is -0.450 e. The predicted octanol–water partition coefficient (Wildman–Crippen LogP) is 2.70. The first kappa shape index (κ1) is 15.6. The zero-order valence-electron chi connectivity index (χ0n) is 13.8. The molecule has 1 aliphatic rings. The molecule has 1 aromatic carbocycles. The first-order valence-electron chi connectivity index (χ1n) is 7.98. The summed E-state index contributed by atoms with van der Waals surface area (Å²) in [5.41, 5.74) is 9.21. The van der Waals surface area contributed by atoms with E-state index in [-0.39, 0.29) is 17.7 Å². The molecule has 0 bridgehead atoms. The van der Waals surface area contributed by atoms with Crippen LogP contribution in [-0.2, 0) is 4.79 Å². The van der Waals surface area contributed by atoms with E-state index in [9.17, 15) is 9.59 Å². The average molecular weight is 314 g/mol. The van der Waals surface area contributed by atoms with Crippen molar-refractivity contribution in [3.05, 3.63) is 34.6 Å². The number of nitrogens with two attached hydrogens (primary N) is 1. The molecule has 2 heterocycles. The SMILES string of the molecule is Cc1ccc2c(C)c(C(=O)N3CCCC(C(N)=O)C3)oc2c1C. The topological polar surface area (TPSA) is 76.5 Å². The molecule has 5 nitrogen and oxygen atoms in total. The van der Waals surface area contributed by atoms with Crippen molar-refractivity contribution in [3.63, 3.8) is 0 Å². The maximum absolute atomic E-state index is 12.8. The third-order valence-electron chi connectivity index (χ3n) is 4.93. The largest absolute Gasteiger partial charge is 0.450 e. The van der Waals surface area contributed by atoms with Crippen LogP contribution in [0.3, 0.4) is 0 Å². The number of carbonyl (C=O) groups excluding carboxylic acids is 2. The lowest BCUT2D eigenvalue weighted by atomic mass is 9.97. The Morgan fingerprint density at radius 3 is 2.65 bits per heavy atom. The molecule has 2 N–H and O–H groups in total. The van der Waals surface area contributed by atoms with E-state index in [0.717, 1.165) is 40.5 Å². The number of amides is 2. The Labute approximate surface area is 135 Å². The fourth-order valence-electron chi connectivity index (χ4n) is 3.26. The molecule has 2 amide bonds. The molecular formula is C18H22N2O3. The number of aryl methyl sites for hydroxylation is 3. The van der Waals surface area contributed by atoms with Gasteiger partial charge in [0.25, 0.3) is 5.91 Å². The molecule has 1 saturated heterocycles. The highest BCUT2D eigenvalue weighted by molar-refractivity contribution is 6.00. The van der Waals surface area contributed by atoms with Gasteiger partial charge in [0.05, 0.1) is 5.92 Å². The predicted molar refractivity (Wildman–Crippen MR) is 88.2 cm³/mol. The van der Waals surface area contributed by atoms with Crippen LogP contribution in [0.2, 0.25) is 0 Å². The summed E-state index contributed by atoms with van der Waals surface area (Å²) in [6.45, 7) is 6.94. The van der Waals surface area contributed by atoms with Crippen molar-refractivity contribution in [2.24, 2.45) is 11.7 Å². The molecule has 0 radical (unpaired) electrons. The summed E-state index contributed by atoms with van der Waals surface area (Å²) in [5.74, 6) is -0.378. The molecule has 0 saturated carbocycles. The number of hydrogen-bond donors (Lipinski definition) is 1. The molecule has 3 rings (SSSR count). The zero-order chi connectivity index (χ0) is 16.7. The van der Waals surface area contributed by atoms with Gasteiger partial charge in [-0.3, -0.25) is 9.59 Å². The van der Waals surface area contributed by atoms with Gasteiger partial charge in [-0.15, -0.1) is 0 Å². The van der Waals surface area contributed by atoms with Gasteiger partial charge >= 0.3 is 0 Å². The van der Waals surface area contributed by atoms with Gasteiger partial charge in [-0.2, -0.15) is 0 Å². The number of fused-ring (bicyclic) bond motifs is 1. The minimum atomic E-state index is -0.338. The van der Waals surface area contributed by atoms with Crippen LogP contribution in [0.4, 0.5) is 0 Å². The normalized spacial score (nSPS) is 18.4. The number of hydrogen-bond acceptors (Lipinski definition) is 3. The van der Waals surface area contributed by atoms with Gasteiger partial charge in [0.2, 0.25) is 5.91 Å². The Morgan fingerprint density at radius 1 is 1.22 bits per heavy atom. The molecule has 2 aromatic rings. The monoisotopic (exact) mass is 314 g/mol. The maximum atomic E-state index is 12.8. The summed E-state index contributed by atoms with van der Waals surface area (Å²) in [6.07, 6.45) is 1.54. The second-order valence-corrected chi connectivity index (χ2v) is 6.43. The van der Waals surface area contributed by atoms with E-state index in [1.165, 1.54) is 0 Å². The first-order valence-corrected chi connectivity index (χ1v) is 7.98. The van der Waals surface area contributed by atoms with E-state index in [4.69, 9.17) is 10.2 Å². The van der Waals surface area contributed by atoms with Crippen molar-refractivity contribution in [1.82, 2.24) is 4.90 Å². The van der Waals surface area contributed by atoms with Gasteiger partial charge in [-0.1, -0.05) is 12.1 Å². The summed E-state index contributed by atoms with van der Waals surface area (Å²) >= 11 is 0. The van der Waals surface area contributed by atoms with Crippen molar-refractivity contribution in [2.75, 3.05) is 13.1 Å². The summed E-state index contributed by atoms with van der Waals surface area (Å²) in [7, 11) is 0. The third kappa shape index (κ3) is 2.60. The first-order chi connectivity index (χ1) is 10.9. The Morgan fingerprint density at radius 2 is 1.96 bits per heavy atom. The summed E-state index contributed by atoms with van der Waals surface area (Å²) in [4.78, 5) is 25.9. The second kappa shape index (κ2) is 5.72. The highest BCUT2D eigenvalue weighted by Gasteiger charge is 2.30. The van der Waals surface area contributed by atoms with Crippen molar-refractivity contribution in [3.8, 4) is 0 Å². The molecular weight excluding hydrogens is 292 g/mol. The molecule has 0 aliphatic carbocycles. The van der Waals surface area contributed by atoms with Crippen LogP contribution < -0.4 is 5.73 Å². The molecule has 1 aliphatic heterocycles. The van der Waals surface area contributed by atoms with Gasteiger partial charge < -0.3 is 15.1 Å². The Balaban J connectivity index is 1.96. The average Bonchev–Trinajstić information content (AvgIpc) is 2.88. The van der Waals surface area contributed by atoms with Gasteiger partial charge in [-0.05, 0) is 44.7 Å². The van der Waals surface area contributed by atoms with Crippen LogP contribution in [0.5, 0.6) is 0 Å². The van der Waals surface area contributed by atoms with E-state index in [1.54, 1.807) is 4.90 Å². The summed E-state index contributed by atoms with van der Waals surface area (Å²) in [6, 6.07) is 4.04. The number of primary amides is 1. The minimum absolute atomic E-state index is 0.151. The van der Waals surface area contributed by atoms with Crippen LogP contribution in [0.15, 0.2) is 16.5 Å². The Kier molecular flexibility index (Phi) is 3.88. The lowest BCUT2D eigenvalue weighted by molar-refractivity contribution is -0.123. The van der Waals surface area contributed by atoms with Crippen LogP contribution in [-0.4, -0.2) is 29.8 Å². The smallest absolute Gasteiger partial charge is 0.289 e. The van der Waals surface area contributed by atoms with E-state index in [2.05, 4.69) is 0 Å². The molecule has 0 spiro atoms. The molecule has 23 heavy (non-hydrogen) atoms. The fraction of sp³-hybridized carbons (Fsp3) is 0.444. The van der Waals surface area contributed by atoms with Crippen molar-refractivity contribution < 1.29 is 14.0 Å². The highest BCUT2D eigenvalue weighted by Crippen LogP contribution is 2.31. The van der Waals surface area contributed by atoms with Crippen molar-refractivity contribution in [1.29, 1.82) is 0 Å². The van der Waals surface area contributed by atoms with E-state index >= 15 is 0 Å². The number of likely N-dealkylation sites (tertiary alicyclic amines) is 1. The number of rotatable bonds is 2. The second-order valence-electron chi connectivity index (χ2n) is 6.43. The Bertz CT molecular complexity index is 791. The Hall–Kier alpha value is -2.30. The maximum Gasteiger partial charge on any atom is 0.289 e. The number of furan rings is 1. The lowest BCUT2D eigenvalue weighted by Gasteiger charge is -2.30. The summed E-state index contributed by atoms with van der Waals surface area (Å²) < 4.78 is 5.91. The highest BCUT2D eigenvalue weighted by atomic mass is 16.3. The van der Waals surface area contributed by atoms with Gasteiger partial charge in [-0.25, -0.2) is 0 Å². The number of nitrogens with zero attached hydrogens (tertiary/aromatic N) is 1. The van der Waals surface area contributed by atoms with Crippen molar-refractivity contribution >= 4 is 22.8 Å². The lowest BCUT2D eigenvalue weighted by Crippen LogP contribution is -2.44. The van der Waals surface area contributed by atoms with Crippen LogP contribution in [0.25, 0.3) is 11.0 Å². The molecule has 1 fully saturated rings. The molecule has 122 valence electrons. The number of carbonyl (C=O) groups is 2. The fourth-order valence-corrected chi connectivity index (χ4v) is 3.26. The molecule has 1 aromatic heterocycles. The quantitative estimate of drug-likeness (QED) is 0.926. The zero-order valence-corrected chi connectivity index (χ0v) is 13.8. The van der Waals surface area contributed by atoms with Crippen molar-refractivity contribution in [2.45, 2.75) is 33.6 Å². The number of benzene rings is 1. The van der Waals surface area contributed by atoms with E-state index < -0.39 is 0 Å².